The van der Waals surface area contributed by atoms with Crippen LogP contribution in [0.5, 0.6) is 5.75 Å². The molecule has 3 heteroatoms. The summed E-state index contributed by atoms with van der Waals surface area (Å²) in [4.78, 5) is 11.9. The largest absolute Gasteiger partial charge is 0.513 e. The van der Waals surface area contributed by atoms with Crippen molar-refractivity contribution in [1.82, 2.24) is 0 Å². The van der Waals surface area contributed by atoms with Gasteiger partial charge in [-0.15, -0.1) is 0 Å². The molecule has 0 atom stereocenters. The van der Waals surface area contributed by atoms with E-state index in [1.54, 1.807) is 6.07 Å². The zero-order valence-corrected chi connectivity index (χ0v) is 15.1. The molecule has 0 aromatic heterocycles. The summed E-state index contributed by atoms with van der Waals surface area (Å²) in [6.45, 7) is 2.63. The van der Waals surface area contributed by atoms with Gasteiger partial charge in [0.1, 0.15) is 5.75 Å². The molecule has 0 aliphatic heterocycles. The third-order valence-electron chi connectivity index (χ3n) is 4.13. The van der Waals surface area contributed by atoms with Gasteiger partial charge in [-0.25, -0.2) is 4.79 Å². The van der Waals surface area contributed by atoms with Crippen LogP contribution < -0.4 is 4.74 Å². The van der Waals surface area contributed by atoms with Gasteiger partial charge in [-0.05, 0) is 18.1 Å². The zero-order chi connectivity index (χ0) is 17.7. The third kappa shape index (κ3) is 7.00. The number of ether oxygens (including phenoxy) is 2. The molecule has 2 rings (SSSR count). The Labute approximate surface area is 151 Å². The topological polar surface area (TPSA) is 35.5 Å². The molecule has 0 radical (unpaired) electrons. The van der Waals surface area contributed by atoms with Crippen molar-refractivity contribution in [3.63, 3.8) is 0 Å². The predicted molar refractivity (Wildman–Crippen MR) is 102 cm³/mol. The lowest BCUT2D eigenvalue weighted by molar-refractivity contribution is 0.0974. The molecule has 25 heavy (non-hydrogen) atoms. The van der Waals surface area contributed by atoms with E-state index in [-0.39, 0.29) is 0 Å². The molecule has 134 valence electrons. The SMILES string of the molecule is CCCCCCCCCOC(=O)Oc1ccccc1-c1ccccc1. The maximum atomic E-state index is 11.9. The van der Waals surface area contributed by atoms with Crippen LogP contribution in [0.15, 0.2) is 54.6 Å². The first-order valence-electron chi connectivity index (χ1n) is 9.30. The van der Waals surface area contributed by atoms with Crippen LogP contribution in [0.25, 0.3) is 11.1 Å². The first kappa shape index (κ1) is 19.0. The zero-order valence-electron chi connectivity index (χ0n) is 15.1. The summed E-state index contributed by atoms with van der Waals surface area (Å²) in [6.07, 6.45) is 7.70. The molecule has 0 aliphatic rings. The van der Waals surface area contributed by atoms with Crippen molar-refractivity contribution in [2.75, 3.05) is 6.61 Å². The lowest BCUT2D eigenvalue weighted by Gasteiger charge is -2.10. The van der Waals surface area contributed by atoms with Crippen LogP contribution in [0.2, 0.25) is 0 Å². The molecule has 0 unspecified atom stereocenters. The number of rotatable bonds is 10. The van der Waals surface area contributed by atoms with Gasteiger partial charge in [0.15, 0.2) is 0 Å². The second-order valence-electron chi connectivity index (χ2n) is 6.18. The molecule has 2 aromatic rings. The lowest BCUT2D eigenvalue weighted by Crippen LogP contribution is -2.12. The number of benzene rings is 2. The van der Waals surface area contributed by atoms with Gasteiger partial charge in [-0.3, -0.25) is 0 Å². The Balaban J connectivity index is 1.74. The molecular formula is C22H28O3. The van der Waals surface area contributed by atoms with E-state index < -0.39 is 6.16 Å². The minimum Gasteiger partial charge on any atom is -0.434 e. The fourth-order valence-electron chi connectivity index (χ4n) is 2.75. The van der Waals surface area contributed by atoms with Gasteiger partial charge in [0, 0.05) is 5.56 Å². The van der Waals surface area contributed by atoms with Crippen LogP contribution in [-0.4, -0.2) is 12.8 Å². The highest BCUT2D eigenvalue weighted by Crippen LogP contribution is 2.29. The Kier molecular flexibility index (Phi) is 8.60. The molecule has 0 amide bonds. The highest BCUT2D eigenvalue weighted by atomic mass is 16.7. The number of unbranched alkanes of at least 4 members (excludes halogenated alkanes) is 6. The van der Waals surface area contributed by atoms with Crippen molar-refractivity contribution in [3.05, 3.63) is 54.6 Å². The van der Waals surface area contributed by atoms with E-state index in [2.05, 4.69) is 6.92 Å². The fourth-order valence-corrected chi connectivity index (χ4v) is 2.75. The van der Waals surface area contributed by atoms with Gasteiger partial charge >= 0.3 is 6.16 Å². The molecule has 0 N–H and O–H groups in total. The summed E-state index contributed by atoms with van der Waals surface area (Å²) in [5.41, 5.74) is 1.90. The Morgan fingerprint density at radius 2 is 1.44 bits per heavy atom. The number of hydrogen-bond acceptors (Lipinski definition) is 3. The molecule has 2 aromatic carbocycles. The van der Waals surface area contributed by atoms with E-state index in [4.69, 9.17) is 9.47 Å². The predicted octanol–water partition coefficient (Wildman–Crippen LogP) is 6.62. The minimum absolute atomic E-state index is 0.417. The van der Waals surface area contributed by atoms with E-state index in [0.717, 1.165) is 24.0 Å². The maximum Gasteiger partial charge on any atom is 0.513 e. The first-order valence-corrected chi connectivity index (χ1v) is 9.30. The van der Waals surface area contributed by atoms with Crippen molar-refractivity contribution < 1.29 is 14.3 Å². The molecule has 0 heterocycles. The van der Waals surface area contributed by atoms with Crippen LogP contribution in [0.4, 0.5) is 4.79 Å². The number of carbonyl (C=O) groups is 1. The molecule has 0 spiro atoms. The van der Waals surface area contributed by atoms with Crippen LogP contribution >= 0.6 is 0 Å². The Hall–Kier alpha value is -2.29. The molecule has 3 nitrogen and oxygen atoms in total. The minimum atomic E-state index is -0.630. The fraction of sp³-hybridized carbons (Fsp3) is 0.409. The monoisotopic (exact) mass is 340 g/mol. The summed E-state index contributed by atoms with van der Waals surface area (Å²) >= 11 is 0. The van der Waals surface area contributed by atoms with E-state index in [1.165, 1.54) is 32.1 Å². The van der Waals surface area contributed by atoms with Crippen molar-refractivity contribution >= 4 is 6.16 Å². The summed E-state index contributed by atoms with van der Waals surface area (Å²) in [6, 6.07) is 17.4. The molecule has 0 fully saturated rings. The van der Waals surface area contributed by atoms with Crippen molar-refractivity contribution in [2.24, 2.45) is 0 Å². The standard InChI is InChI=1S/C22H28O3/c1-2-3-4-5-6-7-13-18-24-22(23)25-21-17-12-11-16-20(21)19-14-9-8-10-15-19/h8-12,14-17H,2-7,13,18H2,1H3. The summed E-state index contributed by atoms with van der Waals surface area (Å²) in [7, 11) is 0. The average Bonchev–Trinajstić information content (AvgIpc) is 2.65. The van der Waals surface area contributed by atoms with Crippen LogP contribution in [0, 0.1) is 0 Å². The number of carbonyl (C=O) groups excluding carboxylic acids is 1. The molecule has 0 bridgehead atoms. The van der Waals surface area contributed by atoms with Gasteiger partial charge in [0.2, 0.25) is 0 Å². The van der Waals surface area contributed by atoms with E-state index in [9.17, 15) is 4.79 Å². The van der Waals surface area contributed by atoms with Crippen molar-refractivity contribution in [1.29, 1.82) is 0 Å². The Morgan fingerprint density at radius 3 is 2.20 bits per heavy atom. The molecule has 0 aliphatic carbocycles. The van der Waals surface area contributed by atoms with Crippen LogP contribution in [0.1, 0.15) is 51.9 Å². The summed E-state index contributed by atoms with van der Waals surface area (Å²) in [5, 5.41) is 0. The van der Waals surface area contributed by atoms with Crippen LogP contribution in [0.3, 0.4) is 0 Å². The first-order chi connectivity index (χ1) is 12.3. The van der Waals surface area contributed by atoms with Crippen molar-refractivity contribution in [2.45, 2.75) is 51.9 Å². The second kappa shape index (κ2) is 11.3. The van der Waals surface area contributed by atoms with Crippen LogP contribution in [-0.2, 0) is 4.74 Å². The highest BCUT2D eigenvalue weighted by molar-refractivity contribution is 5.74. The van der Waals surface area contributed by atoms with Gasteiger partial charge in [0.05, 0.1) is 6.61 Å². The summed E-state index contributed by atoms with van der Waals surface area (Å²) < 4.78 is 10.6. The lowest BCUT2D eigenvalue weighted by atomic mass is 10.1. The quantitative estimate of drug-likeness (QED) is 0.277. The van der Waals surface area contributed by atoms with Gasteiger partial charge in [-0.1, -0.05) is 94.0 Å². The van der Waals surface area contributed by atoms with Crippen molar-refractivity contribution in [3.8, 4) is 16.9 Å². The maximum absolute atomic E-state index is 11.9. The Bertz CT molecular complexity index is 622. The van der Waals surface area contributed by atoms with Gasteiger partial charge in [0.25, 0.3) is 0 Å². The molecular weight excluding hydrogens is 312 g/mol. The van der Waals surface area contributed by atoms with E-state index >= 15 is 0 Å². The smallest absolute Gasteiger partial charge is 0.434 e. The second-order valence-corrected chi connectivity index (χ2v) is 6.18. The third-order valence-corrected chi connectivity index (χ3v) is 4.13. The van der Waals surface area contributed by atoms with Gasteiger partial charge in [-0.2, -0.15) is 0 Å². The van der Waals surface area contributed by atoms with E-state index in [0.29, 0.717) is 12.4 Å². The normalized spacial score (nSPS) is 10.4. The average molecular weight is 340 g/mol. The Morgan fingerprint density at radius 1 is 0.800 bits per heavy atom. The molecule has 0 saturated heterocycles. The molecule has 0 saturated carbocycles. The van der Waals surface area contributed by atoms with Gasteiger partial charge < -0.3 is 9.47 Å². The van der Waals surface area contributed by atoms with E-state index in [1.807, 2.05) is 48.5 Å². The highest BCUT2D eigenvalue weighted by Gasteiger charge is 2.11. The number of para-hydroxylation sites is 1. The number of hydrogen-bond donors (Lipinski definition) is 0. The summed E-state index contributed by atoms with van der Waals surface area (Å²) in [5.74, 6) is 0.526.